The number of hydrogen-bond acceptors (Lipinski definition) is 5. The summed E-state index contributed by atoms with van der Waals surface area (Å²) in [4.78, 5) is 43.0. The summed E-state index contributed by atoms with van der Waals surface area (Å²) in [5.41, 5.74) is 0.594. The van der Waals surface area contributed by atoms with Crippen molar-refractivity contribution in [1.82, 2.24) is 19.1 Å². The lowest BCUT2D eigenvalue weighted by molar-refractivity contribution is -0.143. The summed E-state index contributed by atoms with van der Waals surface area (Å²) in [7, 11) is 1.56. The van der Waals surface area contributed by atoms with Crippen molar-refractivity contribution >= 4 is 17.1 Å². The molecule has 0 radical (unpaired) electrons. The van der Waals surface area contributed by atoms with Crippen LogP contribution < -0.4 is 11.2 Å². The van der Waals surface area contributed by atoms with Crippen molar-refractivity contribution in [2.24, 2.45) is 7.05 Å². The number of benzene rings is 1. The molecule has 0 saturated heterocycles. The molecule has 0 saturated carbocycles. The molecule has 0 amide bonds. The zero-order chi connectivity index (χ0) is 19.4. The fourth-order valence-corrected chi connectivity index (χ4v) is 2.91. The molecule has 142 valence electrons. The second-order valence-electron chi connectivity index (χ2n) is 6.31. The van der Waals surface area contributed by atoms with Crippen LogP contribution >= 0.6 is 0 Å². The van der Waals surface area contributed by atoms with Gasteiger partial charge in [0.25, 0.3) is 5.56 Å². The van der Waals surface area contributed by atoms with Crippen LogP contribution in [0.5, 0.6) is 0 Å². The zero-order valence-corrected chi connectivity index (χ0v) is 15.4. The number of fused-ring (bicyclic) bond motifs is 1. The first-order valence-electron chi connectivity index (χ1n) is 8.89. The number of nitrogens with zero attached hydrogens (tertiary/aromatic N) is 3. The molecular weight excluding hydrogens is 348 g/mol. The third kappa shape index (κ3) is 3.99. The van der Waals surface area contributed by atoms with Gasteiger partial charge in [0.2, 0.25) is 0 Å². The van der Waals surface area contributed by atoms with Crippen molar-refractivity contribution in [3.63, 3.8) is 0 Å². The van der Waals surface area contributed by atoms with E-state index in [4.69, 9.17) is 4.74 Å². The standard InChI is InChI=1S/C19H22N4O4/c1-3-11-27-15(24)10-9-14-20-17-16(18(25)21-19(26)22(17)2)23(14)12-13-7-5-4-6-8-13/h4-8H,3,9-12H2,1-2H3,(H,21,25,26). The minimum Gasteiger partial charge on any atom is -0.466 e. The molecule has 8 heteroatoms. The van der Waals surface area contributed by atoms with Crippen molar-refractivity contribution < 1.29 is 9.53 Å². The van der Waals surface area contributed by atoms with E-state index in [9.17, 15) is 14.4 Å². The highest BCUT2D eigenvalue weighted by molar-refractivity contribution is 5.72. The number of ether oxygens (including phenoxy) is 1. The van der Waals surface area contributed by atoms with Crippen LogP contribution in [-0.2, 0) is 29.5 Å². The van der Waals surface area contributed by atoms with Crippen LogP contribution in [0, 0.1) is 0 Å². The summed E-state index contributed by atoms with van der Waals surface area (Å²) < 4.78 is 8.18. The molecule has 0 unspecified atom stereocenters. The molecule has 0 atom stereocenters. The Kier molecular flexibility index (Phi) is 5.54. The molecule has 27 heavy (non-hydrogen) atoms. The van der Waals surface area contributed by atoms with E-state index in [2.05, 4.69) is 9.97 Å². The van der Waals surface area contributed by atoms with Crippen molar-refractivity contribution in [2.45, 2.75) is 32.7 Å². The van der Waals surface area contributed by atoms with Crippen LogP contribution in [-0.4, -0.2) is 31.7 Å². The summed E-state index contributed by atoms with van der Waals surface area (Å²) in [5, 5.41) is 0. The van der Waals surface area contributed by atoms with Crippen LogP contribution in [0.2, 0.25) is 0 Å². The van der Waals surface area contributed by atoms with Crippen molar-refractivity contribution in [3.8, 4) is 0 Å². The lowest BCUT2D eigenvalue weighted by atomic mass is 10.2. The largest absolute Gasteiger partial charge is 0.466 e. The smallest absolute Gasteiger partial charge is 0.329 e. The molecule has 2 heterocycles. The average Bonchev–Trinajstić information content (AvgIpc) is 3.02. The molecule has 3 rings (SSSR count). The van der Waals surface area contributed by atoms with Crippen molar-refractivity contribution in [2.75, 3.05) is 6.61 Å². The second-order valence-corrected chi connectivity index (χ2v) is 6.31. The van der Waals surface area contributed by atoms with E-state index in [1.54, 1.807) is 11.6 Å². The molecule has 0 fully saturated rings. The van der Waals surface area contributed by atoms with E-state index in [0.717, 1.165) is 12.0 Å². The Balaban J connectivity index is 2.03. The average molecular weight is 370 g/mol. The first kappa shape index (κ1) is 18.6. The Morgan fingerprint density at radius 3 is 2.67 bits per heavy atom. The van der Waals surface area contributed by atoms with E-state index in [1.807, 2.05) is 37.3 Å². The lowest BCUT2D eigenvalue weighted by Gasteiger charge is -2.09. The normalized spacial score (nSPS) is 11.0. The van der Waals surface area contributed by atoms with Gasteiger partial charge in [-0.3, -0.25) is 19.1 Å². The van der Waals surface area contributed by atoms with Gasteiger partial charge in [-0.05, 0) is 12.0 Å². The van der Waals surface area contributed by atoms with Crippen LogP contribution in [0.25, 0.3) is 11.2 Å². The number of aromatic nitrogens is 4. The maximum absolute atomic E-state index is 12.4. The number of carbonyl (C=O) groups is 1. The summed E-state index contributed by atoms with van der Waals surface area (Å²) in [6.45, 7) is 2.73. The van der Waals surface area contributed by atoms with Gasteiger partial charge in [0.15, 0.2) is 11.2 Å². The van der Waals surface area contributed by atoms with Gasteiger partial charge in [0.05, 0.1) is 13.0 Å². The zero-order valence-electron chi connectivity index (χ0n) is 15.4. The molecular formula is C19H22N4O4. The molecule has 0 bridgehead atoms. The van der Waals surface area contributed by atoms with Gasteiger partial charge >= 0.3 is 11.7 Å². The Bertz CT molecular complexity index is 1060. The maximum Gasteiger partial charge on any atom is 0.329 e. The summed E-state index contributed by atoms with van der Waals surface area (Å²) in [6.07, 6.45) is 1.23. The van der Waals surface area contributed by atoms with Crippen LogP contribution in [0.4, 0.5) is 0 Å². The number of carbonyl (C=O) groups excluding carboxylic acids is 1. The molecule has 0 spiro atoms. The van der Waals surface area contributed by atoms with Crippen LogP contribution in [0.3, 0.4) is 0 Å². The molecule has 0 aliphatic rings. The highest BCUT2D eigenvalue weighted by atomic mass is 16.5. The van der Waals surface area contributed by atoms with Crippen molar-refractivity contribution in [1.29, 1.82) is 0 Å². The Labute approximate surface area is 155 Å². The summed E-state index contributed by atoms with van der Waals surface area (Å²) in [5.74, 6) is 0.256. The monoisotopic (exact) mass is 370 g/mol. The molecule has 8 nitrogen and oxygen atoms in total. The molecule has 2 aromatic heterocycles. The van der Waals surface area contributed by atoms with E-state index in [1.165, 1.54) is 4.57 Å². The second kappa shape index (κ2) is 8.03. The van der Waals surface area contributed by atoms with Gasteiger partial charge in [-0.2, -0.15) is 0 Å². The number of imidazole rings is 1. The molecule has 0 aliphatic carbocycles. The predicted molar refractivity (Wildman–Crippen MR) is 101 cm³/mol. The Hall–Kier alpha value is -3.16. The lowest BCUT2D eigenvalue weighted by Crippen LogP contribution is -2.29. The number of hydrogen-bond donors (Lipinski definition) is 1. The van der Waals surface area contributed by atoms with Gasteiger partial charge in [0, 0.05) is 20.0 Å². The minimum absolute atomic E-state index is 0.157. The topological polar surface area (TPSA) is 99.0 Å². The maximum atomic E-state index is 12.4. The van der Waals surface area contributed by atoms with E-state index in [-0.39, 0.29) is 12.4 Å². The number of rotatable bonds is 7. The van der Waals surface area contributed by atoms with Gasteiger partial charge in [0.1, 0.15) is 5.82 Å². The SMILES string of the molecule is CCCOC(=O)CCc1nc2c(c(=O)[nH]c(=O)n2C)n1Cc1ccccc1. The van der Waals surface area contributed by atoms with Crippen LogP contribution in [0.15, 0.2) is 39.9 Å². The molecule has 1 aromatic carbocycles. The number of aryl methyl sites for hydroxylation is 2. The fraction of sp³-hybridized carbons (Fsp3) is 0.368. The quantitative estimate of drug-likeness (QED) is 0.633. The predicted octanol–water partition coefficient (Wildman–Crippen LogP) is 1.36. The molecule has 1 N–H and O–H groups in total. The van der Waals surface area contributed by atoms with E-state index in [0.29, 0.717) is 36.6 Å². The molecule has 3 aromatic rings. The Morgan fingerprint density at radius 1 is 1.22 bits per heavy atom. The Morgan fingerprint density at radius 2 is 1.96 bits per heavy atom. The third-order valence-electron chi connectivity index (χ3n) is 4.29. The van der Waals surface area contributed by atoms with E-state index >= 15 is 0 Å². The summed E-state index contributed by atoms with van der Waals surface area (Å²) >= 11 is 0. The number of nitrogens with one attached hydrogen (secondary N) is 1. The number of H-pyrrole nitrogens is 1. The number of esters is 1. The highest BCUT2D eigenvalue weighted by Crippen LogP contribution is 2.15. The fourth-order valence-electron chi connectivity index (χ4n) is 2.91. The van der Waals surface area contributed by atoms with Gasteiger partial charge in [-0.15, -0.1) is 0 Å². The summed E-state index contributed by atoms with van der Waals surface area (Å²) in [6, 6.07) is 9.63. The van der Waals surface area contributed by atoms with Gasteiger partial charge in [-0.1, -0.05) is 37.3 Å². The first-order valence-corrected chi connectivity index (χ1v) is 8.89. The highest BCUT2D eigenvalue weighted by Gasteiger charge is 2.18. The van der Waals surface area contributed by atoms with Crippen molar-refractivity contribution in [3.05, 3.63) is 62.6 Å². The van der Waals surface area contributed by atoms with Gasteiger partial charge < -0.3 is 9.30 Å². The molecule has 0 aliphatic heterocycles. The third-order valence-corrected chi connectivity index (χ3v) is 4.29. The first-order chi connectivity index (χ1) is 13.0. The minimum atomic E-state index is -0.522. The van der Waals surface area contributed by atoms with Gasteiger partial charge in [-0.25, -0.2) is 9.78 Å². The number of aromatic amines is 1. The van der Waals surface area contributed by atoms with E-state index < -0.39 is 11.2 Å². The van der Waals surface area contributed by atoms with Crippen LogP contribution in [0.1, 0.15) is 31.2 Å².